The van der Waals surface area contributed by atoms with Crippen molar-refractivity contribution in [3.8, 4) is 5.75 Å². The molecule has 168 valence electrons. The van der Waals surface area contributed by atoms with E-state index in [1.54, 1.807) is 0 Å². The van der Waals surface area contributed by atoms with Gasteiger partial charge in [-0.2, -0.15) is 0 Å². The Balaban J connectivity index is 1.17. The number of nitrogens with zero attached hydrogens (tertiary/aromatic N) is 2. The van der Waals surface area contributed by atoms with Crippen molar-refractivity contribution in [1.29, 1.82) is 0 Å². The van der Waals surface area contributed by atoms with Gasteiger partial charge in [0.15, 0.2) is 0 Å². The van der Waals surface area contributed by atoms with Crippen LogP contribution in [-0.4, -0.2) is 47.4 Å². The van der Waals surface area contributed by atoms with Gasteiger partial charge in [-0.1, -0.05) is 30.3 Å². The molecule has 0 unspecified atom stereocenters. The van der Waals surface area contributed by atoms with Crippen molar-refractivity contribution in [2.24, 2.45) is 11.8 Å². The summed E-state index contributed by atoms with van der Waals surface area (Å²) in [7, 11) is 0. The van der Waals surface area contributed by atoms with Gasteiger partial charge in [0, 0.05) is 50.5 Å². The lowest BCUT2D eigenvalue weighted by molar-refractivity contribution is -0.134. The average Bonchev–Trinajstić information content (AvgIpc) is 3.74. The number of benzene rings is 2. The molecule has 5 rings (SSSR count). The molecule has 0 bridgehead atoms. The predicted molar refractivity (Wildman–Crippen MR) is 123 cm³/mol. The van der Waals surface area contributed by atoms with Crippen LogP contribution in [0.3, 0.4) is 0 Å². The first-order chi connectivity index (χ1) is 15.7. The molecule has 2 amide bonds. The molecule has 0 N–H and O–H groups in total. The molecule has 2 aromatic carbocycles. The van der Waals surface area contributed by atoms with E-state index in [2.05, 4.69) is 12.1 Å². The monoisotopic (exact) mass is 432 g/mol. The molecule has 1 aliphatic heterocycles. The van der Waals surface area contributed by atoms with Crippen molar-refractivity contribution in [1.82, 2.24) is 9.80 Å². The van der Waals surface area contributed by atoms with Crippen molar-refractivity contribution in [3.05, 3.63) is 65.7 Å². The zero-order chi connectivity index (χ0) is 21.9. The number of amides is 2. The standard InChI is InChI=1S/C27H32N2O3/c30-26(22-8-9-22)28-16-14-25(15-17-28)32-24-12-10-23(11-13-24)27(31)29(19-21-6-7-21)18-20-4-2-1-3-5-20/h1-5,10-13,21-22,25H,6-9,14-19H2. The lowest BCUT2D eigenvalue weighted by Gasteiger charge is -2.32. The second-order valence-electron chi connectivity index (χ2n) is 9.56. The number of likely N-dealkylation sites (tertiary alicyclic amines) is 1. The Morgan fingerprint density at radius 2 is 1.56 bits per heavy atom. The summed E-state index contributed by atoms with van der Waals surface area (Å²) in [5, 5.41) is 0. The van der Waals surface area contributed by atoms with Crippen LogP contribution in [0.25, 0.3) is 0 Å². The molecule has 0 spiro atoms. The molecule has 3 fully saturated rings. The smallest absolute Gasteiger partial charge is 0.254 e. The summed E-state index contributed by atoms with van der Waals surface area (Å²) in [5.41, 5.74) is 1.87. The van der Waals surface area contributed by atoms with E-state index in [4.69, 9.17) is 4.74 Å². The number of carbonyl (C=O) groups excluding carboxylic acids is 2. The molecule has 0 atom stereocenters. The Labute approximate surface area is 190 Å². The number of carbonyl (C=O) groups is 2. The van der Waals surface area contributed by atoms with E-state index in [0.29, 0.717) is 29.9 Å². The molecule has 0 aromatic heterocycles. The summed E-state index contributed by atoms with van der Waals surface area (Å²) >= 11 is 0. The SMILES string of the molecule is O=C(c1ccc(OC2CCN(C(=O)C3CC3)CC2)cc1)N(Cc1ccccc1)CC1CC1. The second kappa shape index (κ2) is 9.35. The number of piperidine rings is 1. The van der Waals surface area contributed by atoms with E-state index in [9.17, 15) is 9.59 Å². The van der Waals surface area contributed by atoms with Gasteiger partial charge in [0.1, 0.15) is 11.9 Å². The van der Waals surface area contributed by atoms with Gasteiger partial charge in [-0.25, -0.2) is 0 Å². The lowest BCUT2D eigenvalue weighted by atomic mass is 10.1. The van der Waals surface area contributed by atoms with Gasteiger partial charge in [0.2, 0.25) is 5.91 Å². The van der Waals surface area contributed by atoms with Crippen LogP contribution in [0, 0.1) is 11.8 Å². The summed E-state index contributed by atoms with van der Waals surface area (Å²) in [6, 6.07) is 17.8. The van der Waals surface area contributed by atoms with Crippen LogP contribution >= 0.6 is 0 Å². The quantitative estimate of drug-likeness (QED) is 0.616. The molecule has 1 heterocycles. The summed E-state index contributed by atoms with van der Waals surface area (Å²) in [5.74, 6) is 2.14. The molecular weight excluding hydrogens is 400 g/mol. The number of hydrogen-bond donors (Lipinski definition) is 0. The van der Waals surface area contributed by atoms with Crippen molar-refractivity contribution in [3.63, 3.8) is 0 Å². The minimum absolute atomic E-state index is 0.0826. The molecule has 5 heteroatoms. The normalized spacial score (nSPS) is 18.9. The maximum atomic E-state index is 13.2. The lowest BCUT2D eigenvalue weighted by Crippen LogP contribution is -2.42. The molecule has 32 heavy (non-hydrogen) atoms. The van der Waals surface area contributed by atoms with Gasteiger partial charge in [0.05, 0.1) is 0 Å². The largest absolute Gasteiger partial charge is 0.490 e. The molecule has 5 nitrogen and oxygen atoms in total. The third-order valence-corrected chi connectivity index (χ3v) is 6.76. The van der Waals surface area contributed by atoms with E-state index in [-0.39, 0.29) is 12.0 Å². The van der Waals surface area contributed by atoms with Gasteiger partial charge < -0.3 is 14.5 Å². The molecule has 2 saturated carbocycles. The third-order valence-electron chi connectivity index (χ3n) is 6.76. The number of rotatable bonds is 8. The van der Waals surface area contributed by atoms with E-state index in [1.165, 1.54) is 12.8 Å². The molecule has 1 saturated heterocycles. The fourth-order valence-electron chi connectivity index (χ4n) is 4.47. The van der Waals surface area contributed by atoms with Crippen LogP contribution in [-0.2, 0) is 11.3 Å². The Hall–Kier alpha value is -2.82. The first-order valence-corrected chi connectivity index (χ1v) is 12.0. The molecule has 2 aliphatic carbocycles. The molecule has 3 aliphatic rings. The predicted octanol–water partition coefficient (Wildman–Crippen LogP) is 4.52. The highest BCUT2D eigenvalue weighted by Crippen LogP contribution is 2.33. The van der Waals surface area contributed by atoms with Crippen molar-refractivity contribution in [2.75, 3.05) is 19.6 Å². The third kappa shape index (κ3) is 5.32. The van der Waals surface area contributed by atoms with Crippen molar-refractivity contribution < 1.29 is 14.3 Å². The highest BCUT2D eigenvalue weighted by Gasteiger charge is 2.35. The van der Waals surface area contributed by atoms with Crippen molar-refractivity contribution >= 4 is 11.8 Å². The topological polar surface area (TPSA) is 49.9 Å². The highest BCUT2D eigenvalue weighted by atomic mass is 16.5. The number of ether oxygens (including phenoxy) is 1. The maximum absolute atomic E-state index is 13.2. The van der Waals surface area contributed by atoms with Crippen LogP contribution in [0.5, 0.6) is 5.75 Å². The van der Waals surface area contributed by atoms with E-state index in [0.717, 1.165) is 56.6 Å². The zero-order valence-corrected chi connectivity index (χ0v) is 18.6. The average molecular weight is 433 g/mol. The summed E-state index contributed by atoms with van der Waals surface area (Å²) < 4.78 is 6.16. The van der Waals surface area contributed by atoms with Gasteiger partial charge in [-0.05, 0) is 61.4 Å². The van der Waals surface area contributed by atoms with E-state index >= 15 is 0 Å². The number of hydrogen-bond acceptors (Lipinski definition) is 3. The summed E-state index contributed by atoms with van der Waals surface area (Å²) in [6.07, 6.45) is 6.42. The van der Waals surface area contributed by atoms with Crippen molar-refractivity contribution in [2.45, 2.75) is 51.2 Å². The Bertz CT molecular complexity index is 927. The Morgan fingerprint density at radius 3 is 2.19 bits per heavy atom. The van der Waals surface area contributed by atoms with Crippen LogP contribution in [0.2, 0.25) is 0 Å². The molecule has 2 aromatic rings. The van der Waals surface area contributed by atoms with Gasteiger partial charge in [-0.3, -0.25) is 9.59 Å². The first kappa shape index (κ1) is 21.0. The molecule has 0 radical (unpaired) electrons. The van der Waals surface area contributed by atoms with Crippen LogP contribution < -0.4 is 4.74 Å². The Kier molecular flexibility index (Phi) is 6.15. The first-order valence-electron chi connectivity index (χ1n) is 12.0. The second-order valence-corrected chi connectivity index (χ2v) is 9.56. The fraction of sp³-hybridized carbons (Fsp3) is 0.481. The minimum atomic E-state index is 0.0826. The molecular formula is C27H32N2O3. The zero-order valence-electron chi connectivity index (χ0n) is 18.6. The minimum Gasteiger partial charge on any atom is -0.490 e. The van der Waals surface area contributed by atoms with Gasteiger partial charge >= 0.3 is 0 Å². The van der Waals surface area contributed by atoms with Gasteiger partial charge in [0.25, 0.3) is 5.91 Å². The van der Waals surface area contributed by atoms with E-state index < -0.39 is 0 Å². The summed E-state index contributed by atoms with van der Waals surface area (Å²) in [4.78, 5) is 29.4. The maximum Gasteiger partial charge on any atom is 0.254 e. The van der Waals surface area contributed by atoms with Crippen LogP contribution in [0.15, 0.2) is 54.6 Å². The summed E-state index contributed by atoms with van der Waals surface area (Å²) in [6.45, 7) is 3.04. The fourth-order valence-corrected chi connectivity index (χ4v) is 4.47. The van der Waals surface area contributed by atoms with Gasteiger partial charge in [-0.15, -0.1) is 0 Å². The Morgan fingerprint density at radius 1 is 0.875 bits per heavy atom. The van der Waals surface area contributed by atoms with Crippen LogP contribution in [0.4, 0.5) is 0 Å². The van der Waals surface area contributed by atoms with Crippen LogP contribution in [0.1, 0.15) is 54.4 Å². The highest BCUT2D eigenvalue weighted by molar-refractivity contribution is 5.94. The van der Waals surface area contributed by atoms with E-state index in [1.807, 2.05) is 52.3 Å².